The van der Waals surface area contributed by atoms with Crippen LogP contribution in [0.4, 0.5) is 0 Å². The molecule has 2 bridgehead atoms. The predicted octanol–water partition coefficient (Wildman–Crippen LogP) is 1.55. The molecule has 2 atom stereocenters. The van der Waals surface area contributed by atoms with Gasteiger partial charge in [-0.1, -0.05) is 0 Å². The fourth-order valence-corrected chi connectivity index (χ4v) is 4.84. The van der Waals surface area contributed by atoms with Gasteiger partial charge in [0.25, 0.3) is 0 Å². The number of aromatic hydroxyl groups is 1. The lowest BCUT2D eigenvalue weighted by atomic mass is 10.1. The molecular weight excluding hydrogens is 414 g/mol. The highest BCUT2D eigenvalue weighted by Crippen LogP contribution is 2.49. The van der Waals surface area contributed by atoms with E-state index in [-0.39, 0.29) is 30.7 Å². The van der Waals surface area contributed by atoms with Gasteiger partial charge in [-0.25, -0.2) is 9.36 Å². The first-order valence-corrected chi connectivity index (χ1v) is 10.2. The molecule has 1 saturated heterocycles. The quantitative estimate of drug-likeness (QED) is 0.618. The summed E-state index contributed by atoms with van der Waals surface area (Å²) in [5.41, 5.74) is 1.21. The lowest BCUT2D eigenvalue weighted by Gasteiger charge is -2.27. The summed E-state index contributed by atoms with van der Waals surface area (Å²) in [4.78, 5) is 43.3. The number of methoxy groups -OCH3 is 1. The zero-order chi connectivity index (χ0) is 22.6. The van der Waals surface area contributed by atoms with Gasteiger partial charge in [0.05, 0.1) is 42.4 Å². The van der Waals surface area contributed by atoms with Gasteiger partial charge in [-0.2, -0.15) is 5.26 Å². The Balaban J connectivity index is 1.57. The Kier molecular flexibility index (Phi) is 4.48. The molecule has 0 aliphatic carbocycles. The number of nitriles is 1. The van der Waals surface area contributed by atoms with E-state index in [9.17, 15) is 24.8 Å². The lowest BCUT2D eigenvalue weighted by Crippen LogP contribution is -2.38. The number of benzene rings is 1. The van der Waals surface area contributed by atoms with E-state index in [0.29, 0.717) is 40.8 Å². The van der Waals surface area contributed by atoms with Crippen molar-refractivity contribution >= 4 is 22.8 Å². The largest absolute Gasteiger partial charge is 0.493 e. The number of hydrogen-bond donors (Lipinski definition) is 1. The Labute approximate surface area is 181 Å². The molecule has 32 heavy (non-hydrogen) atoms. The molecule has 162 valence electrons. The monoisotopic (exact) mass is 433 g/mol. The minimum Gasteiger partial charge on any atom is -0.493 e. The van der Waals surface area contributed by atoms with Gasteiger partial charge in [-0.3, -0.25) is 19.1 Å². The molecule has 5 rings (SSSR count). The van der Waals surface area contributed by atoms with Gasteiger partial charge in [0, 0.05) is 24.5 Å². The van der Waals surface area contributed by atoms with Crippen molar-refractivity contribution in [2.24, 2.45) is 0 Å². The molecule has 1 amide bonds. The number of carbonyl (C=O) groups is 2. The Morgan fingerprint density at radius 1 is 1.31 bits per heavy atom. The first kappa shape index (κ1) is 19.8. The maximum absolute atomic E-state index is 13.3. The minimum atomic E-state index is -0.463. The highest BCUT2D eigenvalue weighted by atomic mass is 16.5. The molecule has 10 heteroatoms. The van der Waals surface area contributed by atoms with Crippen molar-refractivity contribution in [2.75, 3.05) is 13.7 Å². The highest BCUT2D eigenvalue weighted by molar-refractivity contribution is 5.91. The van der Waals surface area contributed by atoms with Crippen molar-refractivity contribution in [2.45, 2.75) is 31.3 Å². The number of nitrogens with zero attached hydrogens (tertiary/aromatic N) is 5. The molecule has 0 radical (unpaired) electrons. The third-order valence-electron chi connectivity index (χ3n) is 6.26. The predicted molar refractivity (Wildman–Crippen MR) is 111 cm³/mol. The molecule has 2 unspecified atom stereocenters. The number of carbonyl (C=O) groups excluding carboxylic acids is 2. The number of esters is 1. The molecular formula is C22H19N5O5. The Morgan fingerprint density at radius 2 is 2.12 bits per heavy atom. The summed E-state index contributed by atoms with van der Waals surface area (Å²) in [7, 11) is 1.27. The fourth-order valence-electron chi connectivity index (χ4n) is 4.84. The molecule has 4 heterocycles. The Bertz CT molecular complexity index is 1380. The van der Waals surface area contributed by atoms with Crippen LogP contribution in [-0.4, -0.2) is 49.7 Å². The third kappa shape index (κ3) is 2.71. The number of fused-ring (bicyclic) bond motifs is 6. The first-order valence-electron chi connectivity index (χ1n) is 10.2. The van der Waals surface area contributed by atoms with Crippen LogP contribution in [0.15, 0.2) is 35.3 Å². The number of rotatable bonds is 4. The summed E-state index contributed by atoms with van der Waals surface area (Å²) in [6.07, 6.45) is 2.09. The topological polar surface area (TPSA) is 130 Å². The van der Waals surface area contributed by atoms with Crippen LogP contribution in [0.1, 0.15) is 42.6 Å². The highest BCUT2D eigenvalue weighted by Gasteiger charge is 2.49. The normalized spacial score (nSPS) is 18.6. The van der Waals surface area contributed by atoms with Crippen LogP contribution in [0.25, 0.3) is 16.6 Å². The SMILES string of the molecule is COC(=O)CCC(=O)N1CC2CC1c1c(O)n(-c3ccc(C#N)c4ncccc34)c(=O)n12. The molecule has 1 fully saturated rings. The summed E-state index contributed by atoms with van der Waals surface area (Å²) in [5.74, 6) is -0.917. The van der Waals surface area contributed by atoms with E-state index in [4.69, 9.17) is 0 Å². The van der Waals surface area contributed by atoms with Crippen molar-refractivity contribution in [1.29, 1.82) is 5.26 Å². The standard InChI is InChI=1S/C22H19N5O5/c1-32-18(29)7-6-17(28)25-11-13-9-16(25)20-21(30)27(22(31)26(13)20)15-5-4-12(10-23)19-14(15)3-2-8-24-19/h2-5,8,13,16,30H,6-7,9,11H2,1H3. The zero-order valence-corrected chi connectivity index (χ0v) is 17.2. The van der Waals surface area contributed by atoms with E-state index in [1.165, 1.54) is 11.7 Å². The lowest BCUT2D eigenvalue weighted by molar-refractivity contribution is -0.144. The number of aromatic nitrogens is 3. The van der Waals surface area contributed by atoms with Gasteiger partial charge in [0.2, 0.25) is 11.8 Å². The number of hydrogen-bond acceptors (Lipinski definition) is 7. The molecule has 2 aliphatic rings. The van der Waals surface area contributed by atoms with Gasteiger partial charge >= 0.3 is 11.7 Å². The summed E-state index contributed by atoms with van der Waals surface area (Å²) in [6.45, 7) is 0.344. The van der Waals surface area contributed by atoms with Crippen LogP contribution >= 0.6 is 0 Å². The van der Waals surface area contributed by atoms with Crippen molar-refractivity contribution in [3.05, 3.63) is 52.2 Å². The summed E-state index contributed by atoms with van der Waals surface area (Å²) >= 11 is 0. The maximum atomic E-state index is 13.3. The van der Waals surface area contributed by atoms with E-state index in [1.807, 2.05) is 0 Å². The van der Waals surface area contributed by atoms with Gasteiger partial charge in [0.15, 0.2) is 0 Å². The number of amides is 1. The minimum absolute atomic E-state index is 0.00747. The molecule has 0 saturated carbocycles. The van der Waals surface area contributed by atoms with Crippen molar-refractivity contribution in [3.8, 4) is 17.6 Å². The number of likely N-dealkylation sites (tertiary alicyclic amines) is 1. The van der Waals surface area contributed by atoms with Crippen LogP contribution in [-0.2, 0) is 14.3 Å². The second-order valence-electron chi connectivity index (χ2n) is 7.87. The van der Waals surface area contributed by atoms with E-state index in [1.54, 1.807) is 39.9 Å². The van der Waals surface area contributed by atoms with Crippen LogP contribution < -0.4 is 5.69 Å². The van der Waals surface area contributed by atoms with Crippen LogP contribution in [0, 0.1) is 11.3 Å². The Hall–Kier alpha value is -4.13. The van der Waals surface area contributed by atoms with E-state index >= 15 is 0 Å². The first-order chi connectivity index (χ1) is 15.5. The molecule has 3 aromatic rings. The average molecular weight is 433 g/mol. The van der Waals surface area contributed by atoms with E-state index < -0.39 is 17.7 Å². The van der Waals surface area contributed by atoms with Crippen LogP contribution in [0.3, 0.4) is 0 Å². The Morgan fingerprint density at radius 3 is 2.88 bits per heavy atom. The average Bonchev–Trinajstić information content (AvgIpc) is 3.48. The van der Waals surface area contributed by atoms with Crippen molar-refractivity contribution < 1.29 is 19.4 Å². The van der Waals surface area contributed by atoms with Crippen LogP contribution in [0.5, 0.6) is 5.88 Å². The van der Waals surface area contributed by atoms with Gasteiger partial charge < -0.3 is 14.7 Å². The molecule has 10 nitrogen and oxygen atoms in total. The smallest absolute Gasteiger partial charge is 0.336 e. The molecule has 1 aromatic carbocycles. The molecule has 2 aliphatic heterocycles. The summed E-state index contributed by atoms with van der Waals surface area (Å²) in [5, 5.41) is 21.0. The number of imidazole rings is 1. The molecule has 1 N–H and O–H groups in total. The summed E-state index contributed by atoms with van der Waals surface area (Å²) < 4.78 is 7.35. The fraction of sp³-hybridized carbons (Fsp3) is 0.318. The zero-order valence-electron chi connectivity index (χ0n) is 17.2. The third-order valence-corrected chi connectivity index (χ3v) is 6.26. The van der Waals surface area contributed by atoms with Crippen LogP contribution in [0.2, 0.25) is 0 Å². The van der Waals surface area contributed by atoms with Gasteiger partial charge in [-0.15, -0.1) is 0 Å². The second kappa shape index (κ2) is 7.23. The second-order valence-corrected chi connectivity index (χ2v) is 7.87. The van der Waals surface area contributed by atoms with Crippen molar-refractivity contribution in [3.63, 3.8) is 0 Å². The molecule has 0 spiro atoms. The van der Waals surface area contributed by atoms with Gasteiger partial charge in [-0.05, 0) is 30.7 Å². The van der Waals surface area contributed by atoms with E-state index in [0.717, 1.165) is 0 Å². The van der Waals surface area contributed by atoms with Gasteiger partial charge in [0.1, 0.15) is 11.8 Å². The molecule has 2 aromatic heterocycles. The number of ether oxygens (including phenoxy) is 1. The van der Waals surface area contributed by atoms with Crippen molar-refractivity contribution in [1.82, 2.24) is 19.0 Å². The number of pyridine rings is 1. The summed E-state index contributed by atoms with van der Waals surface area (Å²) in [6, 6.07) is 8.01. The maximum Gasteiger partial charge on any atom is 0.336 e. The van der Waals surface area contributed by atoms with E-state index in [2.05, 4.69) is 15.8 Å².